The zero-order chi connectivity index (χ0) is 23.6. The summed E-state index contributed by atoms with van der Waals surface area (Å²) >= 11 is 0. The second kappa shape index (κ2) is 10.8. The molecule has 35 heavy (non-hydrogen) atoms. The molecule has 9 heteroatoms. The molecule has 1 saturated carbocycles. The molecule has 4 fully saturated rings. The SMILES string of the molecule is O=C(C[N+]12CCC(CC1)C(OC(=O)[C@](O)(c1ccccc1)C1CCCCC1)C2)Nc1ccon1.[Br-]. The summed E-state index contributed by atoms with van der Waals surface area (Å²) in [4.78, 5) is 26.4. The van der Waals surface area contributed by atoms with Gasteiger partial charge in [0.1, 0.15) is 12.8 Å². The molecular formula is C26H34BrN3O5. The average molecular weight is 548 g/mol. The van der Waals surface area contributed by atoms with Crippen molar-refractivity contribution in [3.63, 3.8) is 0 Å². The second-order valence-corrected chi connectivity index (χ2v) is 10.3. The van der Waals surface area contributed by atoms with Gasteiger partial charge in [-0.05, 0) is 18.4 Å². The summed E-state index contributed by atoms with van der Waals surface area (Å²) in [5.74, 6) is -0.127. The number of hydrogen-bond donors (Lipinski definition) is 2. The van der Waals surface area contributed by atoms with Crippen LogP contribution in [0.2, 0.25) is 0 Å². The lowest BCUT2D eigenvalue weighted by molar-refractivity contribution is -0.939. The number of benzene rings is 1. The van der Waals surface area contributed by atoms with E-state index < -0.39 is 11.6 Å². The Morgan fingerprint density at radius 1 is 1.09 bits per heavy atom. The van der Waals surface area contributed by atoms with E-state index >= 15 is 0 Å². The quantitative estimate of drug-likeness (QED) is 0.380. The zero-order valence-electron chi connectivity index (χ0n) is 19.9. The number of piperidine rings is 3. The lowest BCUT2D eigenvalue weighted by atomic mass is 9.73. The van der Waals surface area contributed by atoms with Crippen LogP contribution in [0.25, 0.3) is 0 Å². The molecule has 0 radical (unpaired) electrons. The number of halogens is 1. The molecule has 190 valence electrons. The van der Waals surface area contributed by atoms with Crippen LogP contribution in [-0.2, 0) is 19.9 Å². The average Bonchev–Trinajstić information content (AvgIpc) is 3.37. The summed E-state index contributed by atoms with van der Waals surface area (Å²) in [6, 6.07) is 10.9. The minimum atomic E-state index is -1.64. The van der Waals surface area contributed by atoms with Crippen LogP contribution < -0.4 is 22.3 Å². The predicted octanol–water partition coefficient (Wildman–Crippen LogP) is 0.237. The molecule has 4 aliphatic rings. The molecule has 2 aromatic rings. The van der Waals surface area contributed by atoms with Crippen LogP contribution >= 0.6 is 0 Å². The maximum atomic E-state index is 13.7. The fourth-order valence-electron chi connectivity index (χ4n) is 6.30. The molecule has 1 aromatic carbocycles. The first-order valence-corrected chi connectivity index (χ1v) is 12.5. The summed E-state index contributed by atoms with van der Waals surface area (Å²) in [6.07, 6.45) is 7.73. The minimum Gasteiger partial charge on any atom is -1.00 e. The Morgan fingerprint density at radius 3 is 2.46 bits per heavy atom. The first-order valence-electron chi connectivity index (χ1n) is 12.5. The molecule has 1 aromatic heterocycles. The van der Waals surface area contributed by atoms with Gasteiger partial charge in [0.15, 0.2) is 24.1 Å². The van der Waals surface area contributed by atoms with Gasteiger partial charge in [0.05, 0.1) is 13.1 Å². The largest absolute Gasteiger partial charge is 1.00 e. The van der Waals surface area contributed by atoms with Crippen LogP contribution in [0.15, 0.2) is 47.2 Å². The third-order valence-electron chi connectivity index (χ3n) is 8.21. The van der Waals surface area contributed by atoms with E-state index in [0.717, 1.165) is 58.0 Å². The van der Waals surface area contributed by atoms with Gasteiger partial charge in [0, 0.05) is 30.7 Å². The number of aromatic nitrogens is 1. The van der Waals surface area contributed by atoms with E-state index in [9.17, 15) is 14.7 Å². The molecule has 2 N–H and O–H groups in total. The summed E-state index contributed by atoms with van der Waals surface area (Å²) < 4.78 is 11.5. The van der Waals surface area contributed by atoms with Gasteiger partial charge in [-0.3, -0.25) is 4.79 Å². The van der Waals surface area contributed by atoms with Gasteiger partial charge in [-0.15, -0.1) is 0 Å². The maximum Gasteiger partial charge on any atom is 0.343 e. The van der Waals surface area contributed by atoms with Gasteiger partial charge in [0.25, 0.3) is 5.91 Å². The highest BCUT2D eigenvalue weighted by Gasteiger charge is 2.52. The maximum absolute atomic E-state index is 13.7. The summed E-state index contributed by atoms with van der Waals surface area (Å²) in [7, 11) is 0. The number of ether oxygens (including phenoxy) is 1. The Balaban J connectivity index is 0.00000289. The number of carbonyl (C=O) groups is 2. The monoisotopic (exact) mass is 547 g/mol. The minimum absolute atomic E-state index is 0. The van der Waals surface area contributed by atoms with Crippen molar-refractivity contribution in [2.75, 3.05) is 31.5 Å². The lowest BCUT2D eigenvalue weighted by Gasteiger charge is -2.52. The molecule has 2 bridgehead atoms. The van der Waals surface area contributed by atoms with Crippen LogP contribution in [0.4, 0.5) is 5.82 Å². The molecule has 3 aliphatic heterocycles. The fourth-order valence-corrected chi connectivity index (χ4v) is 6.30. The smallest absolute Gasteiger partial charge is 0.343 e. The Kier molecular flexibility index (Phi) is 7.98. The Morgan fingerprint density at radius 2 is 1.80 bits per heavy atom. The van der Waals surface area contributed by atoms with E-state index in [2.05, 4.69) is 10.5 Å². The molecule has 3 saturated heterocycles. The van der Waals surface area contributed by atoms with E-state index in [-0.39, 0.29) is 40.8 Å². The molecule has 8 nitrogen and oxygen atoms in total. The van der Waals surface area contributed by atoms with E-state index in [1.807, 2.05) is 30.3 Å². The number of aliphatic hydroxyl groups is 1. The van der Waals surface area contributed by atoms with Crippen molar-refractivity contribution in [3.05, 3.63) is 48.2 Å². The van der Waals surface area contributed by atoms with Crippen molar-refractivity contribution >= 4 is 17.7 Å². The normalized spacial score (nSPS) is 27.9. The predicted molar refractivity (Wildman–Crippen MR) is 124 cm³/mol. The van der Waals surface area contributed by atoms with Crippen LogP contribution in [0.1, 0.15) is 50.5 Å². The Hall–Kier alpha value is -2.23. The number of amides is 1. The van der Waals surface area contributed by atoms with Gasteiger partial charge < -0.3 is 41.1 Å². The van der Waals surface area contributed by atoms with Crippen molar-refractivity contribution in [1.29, 1.82) is 0 Å². The van der Waals surface area contributed by atoms with Crippen molar-refractivity contribution < 1.29 is 45.4 Å². The van der Waals surface area contributed by atoms with E-state index in [1.54, 1.807) is 6.07 Å². The topological polar surface area (TPSA) is 102 Å². The number of esters is 1. The molecule has 1 unspecified atom stereocenters. The summed E-state index contributed by atoms with van der Waals surface area (Å²) in [5.41, 5.74) is -1.02. The third kappa shape index (κ3) is 5.32. The van der Waals surface area contributed by atoms with Gasteiger partial charge >= 0.3 is 5.97 Å². The van der Waals surface area contributed by atoms with Crippen molar-refractivity contribution in [2.45, 2.75) is 56.7 Å². The molecule has 0 spiro atoms. The standard InChI is InChI=1S/C26H33N3O5.BrH/c30-24(27-23-13-16-33-28-23)18-29-14-11-19(12-15-29)22(17-29)34-25(31)26(32,20-7-3-1-4-8-20)21-9-5-2-6-10-21;/h1,3-4,7-8,13,16,19,21-22,32H,2,5-6,9-12,14-15,17-18H2;1H/t19?,22?,26-,29?;/m0./s1. The van der Waals surface area contributed by atoms with Gasteiger partial charge in [-0.1, -0.05) is 54.8 Å². The summed E-state index contributed by atoms with van der Waals surface area (Å²) in [6.45, 7) is 2.67. The lowest BCUT2D eigenvalue weighted by Crippen LogP contribution is -3.00. The molecule has 4 heterocycles. The van der Waals surface area contributed by atoms with Crippen LogP contribution in [-0.4, -0.2) is 58.9 Å². The van der Waals surface area contributed by atoms with Crippen LogP contribution in [0.5, 0.6) is 0 Å². The fraction of sp³-hybridized carbons (Fsp3) is 0.577. The number of fused-ring (bicyclic) bond motifs is 3. The number of hydrogen-bond acceptors (Lipinski definition) is 6. The highest BCUT2D eigenvalue weighted by atomic mass is 79.9. The van der Waals surface area contributed by atoms with Gasteiger partial charge in [0.2, 0.25) is 0 Å². The number of quaternary nitrogens is 1. The first-order chi connectivity index (χ1) is 16.5. The van der Waals surface area contributed by atoms with E-state index in [1.165, 1.54) is 6.26 Å². The number of carbonyl (C=O) groups excluding carboxylic acids is 2. The second-order valence-electron chi connectivity index (χ2n) is 10.3. The van der Waals surface area contributed by atoms with E-state index in [4.69, 9.17) is 9.26 Å². The third-order valence-corrected chi connectivity index (χ3v) is 8.21. The molecule has 2 atom stereocenters. The van der Waals surface area contributed by atoms with Gasteiger partial charge in [-0.2, -0.15) is 0 Å². The highest BCUT2D eigenvalue weighted by molar-refractivity contribution is 5.90. The number of anilines is 1. The van der Waals surface area contributed by atoms with Gasteiger partial charge in [-0.25, -0.2) is 4.79 Å². The molecule has 1 amide bonds. The highest BCUT2D eigenvalue weighted by Crippen LogP contribution is 2.42. The zero-order valence-corrected chi connectivity index (χ0v) is 21.5. The molecule has 6 rings (SSSR count). The molecule has 1 aliphatic carbocycles. The Labute approximate surface area is 216 Å². The first kappa shape index (κ1) is 25.9. The Bertz CT molecular complexity index is 988. The number of nitrogens with one attached hydrogen (secondary N) is 1. The van der Waals surface area contributed by atoms with Crippen molar-refractivity contribution in [1.82, 2.24) is 5.16 Å². The molecular weight excluding hydrogens is 514 g/mol. The number of nitrogens with zero attached hydrogens (tertiary/aromatic N) is 2. The van der Waals surface area contributed by atoms with E-state index in [0.29, 0.717) is 29.0 Å². The summed E-state index contributed by atoms with van der Waals surface area (Å²) in [5, 5.41) is 18.4. The number of rotatable bonds is 7. The van der Waals surface area contributed by atoms with Crippen molar-refractivity contribution in [2.24, 2.45) is 11.8 Å². The van der Waals surface area contributed by atoms with Crippen LogP contribution in [0, 0.1) is 11.8 Å². The van der Waals surface area contributed by atoms with Crippen molar-refractivity contribution in [3.8, 4) is 0 Å². The van der Waals surface area contributed by atoms with Crippen LogP contribution in [0.3, 0.4) is 0 Å².